The van der Waals surface area contributed by atoms with Crippen molar-refractivity contribution >= 4 is 17.9 Å². The van der Waals surface area contributed by atoms with Gasteiger partial charge in [0.15, 0.2) is 30.9 Å². The van der Waals surface area contributed by atoms with Crippen LogP contribution in [0.1, 0.15) is 48.6 Å². The third-order valence-electron chi connectivity index (χ3n) is 10.3. The lowest BCUT2D eigenvalue weighted by Gasteiger charge is -2.47. The van der Waals surface area contributed by atoms with Crippen molar-refractivity contribution in [2.75, 3.05) is 20.3 Å². The average Bonchev–Trinajstić information content (AvgIpc) is 3.28. The van der Waals surface area contributed by atoms with Crippen molar-refractivity contribution in [3.8, 4) is 6.07 Å². The monoisotopic (exact) mass is 867 g/mol. The van der Waals surface area contributed by atoms with E-state index >= 15 is 0 Å². The summed E-state index contributed by atoms with van der Waals surface area (Å²) in [7, 11) is 1.33. The van der Waals surface area contributed by atoms with E-state index in [1.165, 1.54) is 27.9 Å². The summed E-state index contributed by atoms with van der Waals surface area (Å²) in [5.74, 6) is -2.16. The van der Waals surface area contributed by atoms with Crippen LogP contribution >= 0.6 is 0 Å². The summed E-state index contributed by atoms with van der Waals surface area (Å²) in [6.07, 6.45) is -11.1. The normalized spacial score (nSPS) is 25.6. The maximum Gasteiger partial charge on any atom is 0.303 e. The lowest BCUT2D eigenvalue weighted by Crippen LogP contribution is -2.64. The predicted octanol–water partition coefficient (Wildman–Crippen LogP) is 5.74. The number of benzene rings is 4. The molecule has 0 unspecified atom stereocenters. The lowest BCUT2D eigenvalue weighted by atomic mass is 9.97. The summed E-state index contributed by atoms with van der Waals surface area (Å²) in [4.78, 5) is 37.2. The van der Waals surface area contributed by atoms with E-state index in [1.54, 1.807) is 18.2 Å². The van der Waals surface area contributed by atoms with E-state index < -0.39 is 79.3 Å². The lowest BCUT2D eigenvalue weighted by molar-refractivity contribution is -0.344. The Labute approximate surface area is 366 Å². The van der Waals surface area contributed by atoms with Gasteiger partial charge >= 0.3 is 17.9 Å². The van der Waals surface area contributed by atoms with Gasteiger partial charge in [0.25, 0.3) is 0 Å². The Balaban J connectivity index is 1.37. The molecular weight excluding hydrogens is 815 g/mol. The first kappa shape index (κ1) is 47.0. The van der Waals surface area contributed by atoms with Crippen LogP contribution in [0, 0.1) is 11.3 Å². The van der Waals surface area contributed by atoms with Crippen molar-refractivity contribution < 1.29 is 66.5 Å². The fourth-order valence-corrected chi connectivity index (χ4v) is 7.42. The molecule has 0 N–H and O–H groups in total. The largest absolute Gasteiger partial charge is 0.456 e. The Bertz CT molecular complexity index is 2080. The molecule has 0 saturated carbocycles. The average molecular weight is 868 g/mol. The molecule has 0 aromatic heterocycles. The quantitative estimate of drug-likeness (QED) is 0.0776. The SMILES string of the molecule is CO[C@H]1O[C@H](CO[C@H]2O[C@H](COCc3ccccc3)[C@@H](OCc3ccccc3)[C@H](OCc3ccccc3)[C@H]2OCc2ccccc2C#N)[C@@H](OC(C)=O)[C@H](OC(C)=O)[C@H]1OC(C)=O. The Kier molecular flexibility index (Phi) is 17.7. The summed E-state index contributed by atoms with van der Waals surface area (Å²) in [6, 6.07) is 38.3. The minimum Gasteiger partial charge on any atom is -0.456 e. The molecule has 0 spiro atoms. The minimum absolute atomic E-state index is 0.0380. The van der Waals surface area contributed by atoms with Crippen molar-refractivity contribution in [1.29, 1.82) is 5.26 Å². The molecule has 0 amide bonds. The van der Waals surface area contributed by atoms with Crippen molar-refractivity contribution in [2.45, 2.75) is 109 Å². The van der Waals surface area contributed by atoms with Crippen LogP contribution < -0.4 is 0 Å². The molecule has 2 fully saturated rings. The van der Waals surface area contributed by atoms with Crippen molar-refractivity contribution in [3.05, 3.63) is 143 Å². The molecule has 0 bridgehead atoms. The predicted molar refractivity (Wildman–Crippen MR) is 223 cm³/mol. The Morgan fingerprint density at radius 1 is 0.508 bits per heavy atom. The molecule has 63 heavy (non-hydrogen) atoms. The van der Waals surface area contributed by atoms with Gasteiger partial charge in [0, 0.05) is 27.9 Å². The van der Waals surface area contributed by atoms with Crippen LogP contribution in [-0.4, -0.2) is 99.6 Å². The van der Waals surface area contributed by atoms with E-state index in [2.05, 4.69) is 6.07 Å². The zero-order valence-corrected chi connectivity index (χ0v) is 35.6. The second kappa shape index (κ2) is 23.8. The molecule has 2 aliphatic heterocycles. The molecule has 334 valence electrons. The number of methoxy groups -OCH3 is 1. The van der Waals surface area contributed by atoms with Crippen LogP contribution in [0.4, 0.5) is 0 Å². The fraction of sp³-hybridized carbons (Fsp3) is 0.417. The molecule has 0 aliphatic carbocycles. The molecule has 2 heterocycles. The molecule has 2 aliphatic rings. The molecular formula is C48H53NO14. The van der Waals surface area contributed by atoms with Crippen molar-refractivity contribution in [1.82, 2.24) is 0 Å². The van der Waals surface area contributed by atoms with E-state index in [1.807, 2.05) is 97.1 Å². The molecule has 10 atom stereocenters. The summed E-state index contributed by atoms with van der Waals surface area (Å²) in [6.45, 7) is 3.83. The minimum atomic E-state index is -1.35. The molecule has 0 radical (unpaired) electrons. The molecule has 4 aromatic rings. The number of rotatable bonds is 20. The van der Waals surface area contributed by atoms with Gasteiger partial charge in [-0.1, -0.05) is 109 Å². The first-order chi connectivity index (χ1) is 30.6. The number of carbonyl (C=O) groups is 3. The van der Waals surface area contributed by atoms with Crippen LogP contribution in [-0.2, 0) is 92.9 Å². The van der Waals surface area contributed by atoms with Gasteiger partial charge in [-0.3, -0.25) is 14.4 Å². The number of ether oxygens (including phenoxy) is 11. The first-order valence-corrected chi connectivity index (χ1v) is 20.6. The van der Waals surface area contributed by atoms with E-state index in [-0.39, 0.29) is 39.6 Å². The van der Waals surface area contributed by atoms with E-state index in [4.69, 9.17) is 52.1 Å². The number of esters is 3. The van der Waals surface area contributed by atoms with Gasteiger partial charge in [0.05, 0.1) is 51.3 Å². The number of nitrogens with zero attached hydrogens (tertiary/aromatic N) is 1. The van der Waals surface area contributed by atoms with E-state index in [9.17, 15) is 19.6 Å². The highest BCUT2D eigenvalue weighted by atomic mass is 16.8. The number of hydrogen-bond acceptors (Lipinski definition) is 15. The second-order valence-corrected chi connectivity index (χ2v) is 14.9. The Morgan fingerprint density at radius 3 is 1.56 bits per heavy atom. The van der Waals surface area contributed by atoms with Crippen LogP contribution in [0.2, 0.25) is 0 Å². The second-order valence-electron chi connectivity index (χ2n) is 14.9. The van der Waals surface area contributed by atoms with E-state index in [0.29, 0.717) is 11.1 Å². The smallest absolute Gasteiger partial charge is 0.303 e. The van der Waals surface area contributed by atoms with Gasteiger partial charge in [0.1, 0.15) is 30.5 Å². The van der Waals surface area contributed by atoms with Crippen molar-refractivity contribution in [2.24, 2.45) is 0 Å². The van der Waals surface area contributed by atoms with E-state index in [0.717, 1.165) is 16.7 Å². The van der Waals surface area contributed by atoms with Gasteiger partial charge in [0.2, 0.25) is 0 Å². The van der Waals surface area contributed by atoms with Crippen LogP contribution in [0.25, 0.3) is 0 Å². The number of nitriles is 1. The van der Waals surface area contributed by atoms with Crippen LogP contribution in [0.15, 0.2) is 115 Å². The molecule has 15 nitrogen and oxygen atoms in total. The maximum absolute atomic E-state index is 12.6. The summed E-state index contributed by atoms with van der Waals surface area (Å²) in [5, 5.41) is 9.96. The third kappa shape index (κ3) is 13.5. The summed E-state index contributed by atoms with van der Waals surface area (Å²) >= 11 is 0. The Hall–Kier alpha value is -5.54. The fourth-order valence-electron chi connectivity index (χ4n) is 7.42. The molecule has 15 heteroatoms. The van der Waals surface area contributed by atoms with Crippen LogP contribution in [0.3, 0.4) is 0 Å². The van der Waals surface area contributed by atoms with Gasteiger partial charge in [-0.05, 0) is 28.3 Å². The summed E-state index contributed by atoms with van der Waals surface area (Å²) < 4.78 is 68.6. The Morgan fingerprint density at radius 2 is 0.984 bits per heavy atom. The third-order valence-corrected chi connectivity index (χ3v) is 10.3. The highest BCUT2D eigenvalue weighted by Crippen LogP contribution is 2.34. The topological polar surface area (TPSA) is 177 Å². The van der Waals surface area contributed by atoms with Gasteiger partial charge in [-0.15, -0.1) is 0 Å². The highest BCUT2D eigenvalue weighted by molar-refractivity contribution is 5.68. The first-order valence-electron chi connectivity index (χ1n) is 20.6. The molecule has 6 rings (SSSR count). The summed E-state index contributed by atoms with van der Waals surface area (Å²) in [5.41, 5.74) is 3.78. The van der Waals surface area contributed by atoms with Gasteiger partial charge in [-0.2, -0.15) is 5.26 Å². The van der Waals surface area contributed by atoms with Crippen molar-refractivity contribution in [3.63, 3.8) is 0 Å². The number of carbonyl (C=O) groups excluding carboxylic acids is 3. The zero-order valence-electron chi connectivity index (χ0n) is 35.6. The highest BCUT2D eigenvalue weighted by Gasteiger charge is 2.54. The maximum atomic E-state index is 12.6. The number of hydrogen-bond donors (Lipinski definition) is 0. The van der Waals surface area contributed by atoms with Gasteiger partial charge < -0.3 is 52.1 Å². The van der Waals surface area contributed by atoms with Crippen LogP contribution in [0.5, 0.6) is 0 Å². The zero-order chi connectivity index (χ0) is 44.6. The standard InChI is InChI=1S/C48H53NO14/c1-31(50)59-42-40(62-47(53-4)46(61-33(3)52)44(42)60-32(2)51)30-58-48-45(57-28-38-23-15-14-22-37(38)24-49)43(56-27-36-20-12-7-13-21-36)41(55-26-35-18-10-6-11-19-35)39(63-48)29-54-25-34-16-8-5-9-17-34/h5-23,39-48H,25-30H2,1-4H3/t39-,40-,41-,42-,43+,44+,45-,46-,47+,48+/m1/s1. The van der Waals surface area contributed by atoms with Gasteiger partial charge in [-0.25, -0.2) is 0 Å². The molecule has 4 aromatic carbocycles. The molecule has 2 saturated heterocycles.